The van der Waals surface area contributed by atoms with Gasteiger partial charge in [0.15, 0.2) is 6.61 Å². The van der Waals surface area contributed by atoms with Gasteiger partial charge in [0.05, 0.1) is 4.92 Å². The number of carbonyl (C=O) groups excluding carboxylic acids is 2. The molecule has 1 heterocycles. The van der Waals surface area contributed by atoms with Crippen LogP contribution >= 0.6 is 0 Å². The second-order valence-electron chi connectivity index (χ2n) is 6.65. The lowest BCUT2D eigenvalue weighted by Crippen LogP contribution is -2.39. The molecule has 8 nitrogen and oxygen atoms in total. The molecule has 0 saturated heterocycles. The summed E-state index contributed by atoms with van der Waals surface area (Å²) >= 11 is 0. The zero-order chi connectivity index (χ0) is 20.3. The van der Waals surface area contributed by atoms with Crippen molar-refractivity contribution >= 4 is 23.2 Å². The highest BCUT2D eigenvalue weighted by Crippen LogP contribution is 2.28. The number of hydrogen-bond donors (Lipinski definition) is 1. The van der Waals surface area contributed by atoms with E-state index < -0.39 is 4.92 Å². The van der Waals surface area contributed by atoms with Crippen LogP contribution in [0.5, 0.6) is 5.75 Å². The van der Waals surface area contributed by atoms with E-state index in [2.05, 4.69) is 5.32 Å². The molecule has 0 saturated carbocycles. The average Bonchev–Trinajstić information content (AvgIpc) is 2.86. The number of rotatable bonds is 5. The zero-order valence-corrected chi connectivity index (χ0v) is 15.7. The van der Waals surface area contributed by atoms with E-state index in [1.54, 1.807) is 23.1 Å². The molecule has 2 amide bonds. The fourth-order valence-corrected chi connectivity index (χ4v) is 2.98. The molecule has 0 spiro atoms. The van der Waals surface area contributed by atoms with Gasteiger partial charge in [-0.15, -0.1) is 0 Å². The van der Waals surface area contributed by atoms with Gasteiger partial charge in [-0.2, -0.15) is 0 Å². The average molecular weight is 383 g/mol. The Morgan fingerprint density at radius 1 is 1.29 bits per heavy atom. The van der Waals surface area contributed by atoms with Crippen molar-refractivity contribution in [3.05, 3.63) is 63.7 Å². The Morgan fingerprint density at radius 2 is 2.00 bits per heavy atom. The van der Waals surface area contributed by atoms with Crippen molar-refractivity contribution in [2.45, 2.75) is 32.9 Å². The molecule has 2 aromatic carbocycles. The predicted molar refractivity (Wildman–Crippen MR) is 103 cm³/mol. The first-order valence-corrected chi connectivity index (χ1v) is 9.00. The molecule has 1 aliphatic rings. The van der Waals surface area contributed by atoms with Gasteiger partial charge in [-0.05, 0) is 43.7 Å². The first kappa shape index (κ1) is 19.3. The van der Waals surface area contributed by atoms with Crippen LogP contribution in [0.3, 0.4) is 0 Å². The number of anilines is 1. The van der Waals surface area contributed by atoms with Gasteiger partial charge >= 0.3 is 0 Å². The van der Waals surface area contributed by atoms with E-state index in [1.165, 1.54) is 24.3 Å². The summed E-state index contributed by atoms with van der Waals surface area (Å²) in [5.41, 5.74) is 1.61. The van der Waals surface area contributed by atoms with Crippen molar-refractivity contribution < 1.29 is 19.2 Å². The van der Waals surface area contributed by atoms with Crippen molar-refractivity contribution in [3.63, 3.8) is 0 Å². The number of benzene rings is 2. The standard InChI is InChI=1S/C20H21N3O5/c1-3-13(2)22-11-15-10-16(6-9-18(15)28-12-19(22)24)21-20(25)14-4-7-17(8-5-14)23(26)27/h4-10,13H,3,11-12H2,1-2H3,(H,21,25)/t13-/m0/s1. The molecule has 3 rings (SSSR count). The molecule has 0 bridgehead atoms. The Kier molecular flexibility index (Phi) is 5.58. The van der Waals surface area contributed by atoms with E-state index >= 15 is 0 Å². The molecule has 0 aliphatic carbocycles. The maximum absolute atomic E-state index is 12.4. The molecular weight excluding hydrogens is 362 g/mol. The third kappa shape index (κ3) is 4.11. The van der Waals surface area contributed by atoms with E-state index in [9.17, 15) is 19.7 Å². The zero-order valence-electron chi connectivity index (χ0n) is 15.7. The van der Waals surface area contributed by atoms with Gasteiger partial charge in [-0.25, -0.2) is 0 Å². The lowest BCUT2D eigenvalue weighted by atomic mass is 10.1. The summed E-state index contributed by atoms with van der Waals surface area (Å²) in [6.45, 7) is 4.41. The smallest absolute Gasteiger partial charge is 0.269 e. The van der Waals surface area contributed by atoms with Crippen molar-refractivity contribution in [1.29, 1.82) is 0 Å². The molecule has 2 aromatic rings. The van der Waals surface area contributed by atoms with Crippen LogP contribution in [0.2, 0.25) is 0 Å². The lowest BCUT2D eigenvalue weighted by Gasteiger charge is -2.26. The first-order chi connectivity index (χ1) is 13.4. The van der Waals surface area contributed by atoms with Crippen LogP contribution in [0, 0.1) is 10.1 Å². The minimum absolute atomic E-state index is 0.00809. The van der Waals surface area contributed by atoms with E-state index in [0.717, 1.165) is 12.0 Å². The number of nitrogens with zero attached hydrogens (tertiary/aromatic N) is 2. The number of ether oxygens (including phenoxy) is 1. The molecular formula is C20H21N3O5. The minimum atomic E-state index is -0.515. The van der Waals surface area contributed by atoms with E-state index in [4.69, 9.17) is 4.74 Å². The van der Waals surface area contributed by atoms with Crippen molar-refractivity contribution in [3.8, 4) is 5.75 Å². The minimum Gasteiger partial charge on any atom is -0.483 e. The Labute approximate surface area is 162 Å². The fourth-order valence-electron chi connectivity index (χ4n) is 2.98. The summed E-state index contributed by atoms with van der Waals surface area (Å²) in [4.78, 5) is 36.7. The number of hydrogen-bond acceptors (Lipinski definition) is 5. The Balaban J connectivity index is 1.78. The van der Waals surface area contributed by atoms with Crippen LogP contribution in [-0.2, 0) is 11.3 Å². The van der Waals surface area contributed by atoms with Crippen LogP contribution < -0.4 is 10.1 Å². The summed E-state index contributed by atoms with van der Waals surface area (Å²) in [6, 6.07) is 10.7. The molecule has 1 N–H and O–H groups in total. The van der Waals surface area contributed by atoms with Crippen molar-refractivity contribution in [2.24, 2.45) is 0 Å². The van der Waals surface area contributed by atoms with Crippen LogP contribution in [0.4, 0.5) is 11.4 Å². The maximum Gasteiger partial charge on any atom is 0.269 e. The highest BCUT2D eigenvalue weighted by atomic mass is 16.6. The third-order valence-electron chi connectivity index (χ3n) is 4.79. The number of non-ortho nitro benzene ring substituents is 1. The van der Waals surface area contributed by atoms with Gasteiger partial charge in [-0.3, -0.25) is 19.7 Å². The largest absolute Gasteiger partial charge is 0.483 e. The molecule has 8 heteroatoms. The highest BCUT2D eigenvalue weighted by Gasteiger charge is 2.25. The number of nitro benzene ring substituents is 1. The lowest BCUT2D eigenvalue weighted by molar-refractivity contribution is -0.384. The molecule has 0 unspecified atom stereocenters. The van der Waals surface area contributed by atoms with E-state index in [-0.39, 0.29) is 30.2 Å². The highest BCUT2D eigenvalue weighted by molar-refractivity contribution is 6.04. The SMILES string of the molecule is CC[C@H](C)N1Cc2cc(NC(=O)c3ccc([N+](=O)[O-])cc3)ccc2OCC1=O. The summed E-state index contributed by atoms with van der Waals surface area (Å²) < 4.78 is 5.60. The van der Waals surface area contributed by atoms with Gasteiger partial charge in [0, 0.05) is 41.5 Å². The maximum atomic E-state index is 12.4. The third-order valence-corrected chi connectivity index (χ3v) is 4.79. The predicted octanol–water partition coefficient (Wildman–Crippen LogP) is 3.37. The number of fused-ring (bicyclic) bond motifs is 1. The van der Waals surface area contributed by atoms with Gasteiger partial charge in [0.2, 0.25) is 0 Å². The second-order valence-corrected chi connectivity index (χ2v) is 6.65. The van der Waals surface area contributed by atoms with Crippen LogP contribution in [0.1, 0.15) is 36.2 Å². The van der Waals surface area contributed by atoms with Crippen LogP contribution in [-0.4, -0.2) is 34.3 Å². The summed E-state index contributed by atoms with van der Waals surface area (Å²) in [5, 5.41) is 13.5. The quantitative estimate of drug-likeness (QED) is 0.630. The summed E-state index contributed by atoms with van der Waals surface area (Å²) in [6.07, 6.45) is 0.831. The molecule has 1 atom stereocenters. The van der Waals surface area contributed by atoms with Crippen LogP contribution in [0.15, 0.2) is 42.5 Å². The van der Waals surface area contributed by atoms with Gasteiger partial charge in [-0.1, -0.05) is 6.92 Å². The molecule has 0 radical (unpaired) electrons. The molecule has 0 aromatic heterocycles. The number of amides is 2. The number of carbonyl (C=O) groups is 2. The topological polar surface area (TPSA) is 102 Å². The molecule has 146 valence electrons. The normalized spacial score (nSPS) is 14.5. The molecule has 28 heavy (non-hydrogen) atoms. The van der Waals surface area contributed by atoms with Gasteiger partial charge in [0.1, 0.15) is 5.75 Å². The van der Waals surface area contributed by atoms with E-state index in [0.29, 0.717) is 23.5 Å². The Bertz CT molecular complexity index is 911. The van der Waals surface area contributed by atoms with Crippen molar-refractivity contribution in [1.82, 2.24) is 4.90 Å². The fraction of sp³-hybridized carbons (Fsp3) is 0.300. The Morgan fingerprint density at radius 3 is 2.64 bits per heavy atom. The van der Waals surface area contributed by atoms with Crippen molar-refractivity contribution in [2.75, 3.05) is 11.9 Å². The Hall–Kier alpha value is -3.42. The second kappa shape index (κ2) is 8.08. The monoisotopic (exact) mass is 383 g/mol. The van der Waals surface area contributed by atoms with Gasteiger partial charge in [0.25, 0.3) is 17.5 Å². The molecule has 0 fully saturated rings. The summed E-state index contributed by atoms with van der Waals surface area (Å²) in [5.74, 6) is 0.175. The molecule has 1 aliphatic heterocycles. The first-order valence-electron chi connectivity index (χ1n) is 9.00. The van der Waals surface area contributed by atoms with E-state index in [1.807, 2.05) is 13.8 Å². The number of nitro groups is 1. The number of nitrogens with one attached hydrogen (secondary N) is 1. The summed E-state index contributed by atoms with van der Waals surface area (Å²) in [7, 11) is 0. The van der Waals surface area contributed by atoms with Gasteiger partial charge < -0.3 is 15.0 Å². The van der Waals surface area contributed by atoms with Crippen LogP contribution in [0.25, 0.3) is 0 Å².